The predicted octanol–water partition coefficient (Wildman–Crippen LogP) is 1.79. The van der Waals surface area contributed by atoms with Crippen molar-refractivity contribution in [3.8, 4) is 0 Å². The molecule has 3 heteroatoms. The maximum absolute atomic E-state index is 3.48. The third-order valence-electron chi connectivity index (χ3n) is 4.13. The molecule has 0 bridgehead atoms. The second-order valence-corrected chi connectivity index (χ2v) is 5.23. The number of hydrogen-bond acceptors (Lipinski definition) is 3. The molecule has 1 aliphatic heterocycles. The third kappa shape index (κ3) is 4.57. The summed E-state index contributed by atoms with van der Waals surface area (Å²) in [5, 5.41) is 3.48. The first-order chi connectivity index (χ1) is 8.22. The summed E-state index contributed by atoms with van der Waals surface area (Å²) in [4.78, 5) is 5.19. The Kier molecular flexibility index (Phi) is 7.09. The van der Waals surface area contributed by atoms with Gasteiger partial charge in [0.1, 0.15) is 0 Å². The SMILES string of the molecule is CCNCC(CC)N(C)CC1CCCN1CC. The van der Waals surface area contributed by atoms with Crippen molar-refractivity contribution in [1.29, 1.82) is 0 Å². The fourth-order valence-electron chi connectivity index (χ4n) is 2.92. The van der Waals surface area contributed by atoms with E-state index in [1.165, 1.54) is 38.9 Å². The first kappa shape index (κ1) is 14.9. The minimum absolute atomic E-state index is 0.689. The van der Waals surface area contributed by atoms with E-state index in [1.54, 1.807) is 0 Å². The Morgan fingerprint density at radius 3 is 2.71 bits per heavy atom. The summed E-state index contributed by atoms with van der Waals surface area (Å²) in [6.45, 7) is 12.7. The molecule has 102 valence electrons. The number of nitrogens with one attached hydrogen (secondary N) is 1. The summed E-state index contributed by atoms with van der Waals surface area (Å²) >= 11 is 0. The Morgan fingerprint density at radius 1 is 1.35 bits per heavy atom. The van der Waals surface area contributed by atoms with Gasteiger partial charge in [-0.3, -0.25) is 4.90 Å². The zero-order chi connectivity index (χ0) is 12.7. The van der Waals surface area contributed by atoms with Gasteiger partial charge in [-0.1, -0.05) is 20.8 Å². The van der Waals surface area contributed by atoms with E-state index in [9.17, 15) is 0 Å². The molecule has 1 N–H and O–H groups in total. The smallest absolute Gasteiger partial charge is 0.0223 e. The monoisotopic (exact) mass is 241 g/mol. The van der Waals surface area contributed by atoms with Crippen LogP contribution < -0.4 is 5.32 Å². The first-order valence-electron chi connectivity index (χ1n) is 7.37. The number of rotatable bonds is 8. The standard InChI is InChI=1S/C14H31N3/c1-5-13(11-15-6-2)16(4)12-14-9-8-10-17(14)7-3/h13-15H,5-12H2,1-4H3. The van der Waals surface area contributed by atoms with Crippen LogP contribution >= 0.6 is 0 Å². The van der Waals surface area contributed by atoms with Gasteiger partial charge in [-0.2, -0.15) is 0 Å². The van der Waals surface area contributed by atoms with Gasteiger partial charge in [0.05, 0.1) is 0 Å². The van der Waals surface area contributed by atoms with Gasteiger partial charge in [-0.15, -0.1) is 0 Å². The van der Waals surface area contributed by atoms with Gasteiger partial charge in [-0.25, -0.2) is 0 Å². The van der Waals surface area contributed by atoms with Crippen LogP contribution in [0.5, 0.6) is 0 Å². The lowest BCUT2D eigenvalue weighted by Crippen LogP contribution is -2.46. The van der Waals surface area contributed by atoms with Crippen LogP contribution in [-0.4, -0.2) is 61.7 Å². The maximum atomic E-state index is 3.48. The highest BCUT2D eigenvalue weighted by Crippen LogP contribution is 2.18. The summed E-state index contributed by atoms with van der Waals surface area (Å²) in [6.07, 6.45) is 4.01. The van der Waals surface area contributed by atoms with Crippen LogP contribution in [0.3, 0.4) is 0 Å². The largest absolute Gasteiger partial charge is 0.315 e. The van der Waals surface area contributed by atoms with Gasteiger partial charge < -0.3 is 10.2 Å². The zero-order valence-corrected chi connectivity index (χ0v) is 12.2. The molecule has 0 radical (unpaired) electrons. The lowest BCUT2D eigenvalue weighted by Gasteiger charge is -2.32. The Hall–Kier alpha value is -0.120. The molecular formula is C14H31N3. The molecule has 0 saturated carbocycles. The molecule has 0 aromatic heterocycles. The van der Waals surface area contributed by atoms with E-state index in [0.29, 0.717) is 6.04 Å². The molecule has 1 saturated heterocycles. The summed E-state index contributed by atoms with van der Waals surface area (Å²) in [5.74, 6) is 0. The van der Waals surface area contributed by atoms with Crippen molar-refractivity contribution in [1.82, 2.24) is 15.1 Å². The molecule has 0 amide bonds. The van der Waals surface area contributed by atoms with Crippen molar-refractivity contribution in [2.45, 2.75) is 52.1 Å². The predicted molar refractivity (Wildman–Crippen MR) is 75.5 cm³/mol. The van der Waals surface area contributed by atoms with Gasteiger partial charge in [0.2, 0.25) is 0 Å². The molecule has 0 aliphatic carbocycles. The fourth-order valence-corrected chi connectivity index (χ4v) is 2.92. The van der Waals surface area contributed by atoms with Crippen LogP contribution in [0.2, 0.25) is 0 Å². The van der Waals surface area contributed by atoms with Crippen molar-refractivity contribution in [3.05, 3.63) is 0 Å². The normalized spacial score (nSPS) is 23.5. The second-order valence-electron chi connectivity index (χ2n) is 5.23. The Bertz CT molecular complexity index is 196. The van der Waals surface area contributed by atoms with Gasteiger partial charge in [0.15, 0.2) is 0 Å². The van der Waals surface area contributed by atoms with Crippen molar-refractivity contribution >= 4 is 0 Å². The molecule has 0 aromatic rings. The third-order valence-corrected chi connectivity index (χ3v) is 4.13. The van der Waals surface area contributed by atoms with Crippen molar-refractivity contribution < 1.29 is 0 Å². The van der Waals surface area contributed by atoms with Gasteiger partial charge >= 0.3 is 0 Å². The summed E-state index contributed by atoms with van der Waals surface area (Å²) < 4.78 is 0. The molecule has 3 nitrogen and oxygen atoms in total. The van der Waals surface area contributed by atoms with Crippen LogP contribution in [0.4, 0.5) is 0 Å². The summed E-state index contributed by atoms with van der Waals surface area (Å²) in [6, 6.07) is 1.48. The molecule has 17 heavy (non-hydrogen) atoms. The minimum Gasteiger partial charge on any atom is -0.315 e. The van der Waals surface area contributed by atoms with Gasteiger partial charge in [-0.05, 0) is 45.9 Å². The second kappa shape index (κ2) is 8.06. The summed E-state index contributed by atoms with van der Waals surface area (Å²) in [5.41, 5.74) is 0. The zero-order valence-electron chi connectivity index (χ0n) is 12.2. The number of hydrogen-bond donors (Lipinski definition) is 1. The number of likely N-dealkylation sites (tertiary alicyclic amines) is 1. The molecule has 1 aliphatic rings. The van der Waals surface area contributed by atoms with Gasteiger partial charge in [0.25, 0.3) is 0 Å². The van der Waals surface area contributed by atoms with E-state index < -0.39 is 0 Å². The maximum Gasteiger partial charge on any atom is 0.0223 e. The average molecular weight is 241 g/mol. The molecular weight excluding hydrogens is 210 g/mol. The highest BCUT2D eigenvalue weighted by molar-refractivity contribution is 4.82. The minimum atomic E-state index is 0.689. The highest BCUT2D eigenvalue weighted by atomic mass is 15.2. The van der Waals surface area contributed by atoms with E-state index in [0.717, 1.165) is 19.1 Å². The highest BCUT2D eigenvalue weighted by Gasteiger charge is 2.25. The summed E-state index contributed by atoms with van der Waals surface area (Å²) in [7, 11) is 2.29. The topological polar surface area (TPSA) is 18.5 Å². The van der Waals surface area contributed by atoms with Crippen LogP contribution in [0.15, 0.2) is 0 Å². The van der Waals surface area contributed by atoms with E-state index in [4.69, 9.17) is 0 Å². The van der Waals surface area contributed by atoms with Crippen molar-refractivity contribution in [2.75, 3.05) is 39.8 Å². The lowest BCUT2D eigenvalue weighted by molar-refractivity contribution is 0.158. The van der Waals surface area contributed by atoms with Crippen LogP contribution in [0, 0.1) is 0 Å². The molecule has 2 unspecified atom stereocenters. The van der Waals surface area contributed by atoms with Crippen LogP contribution in [-0.2, 0) is 0 Å². The lowest BCUT2D eigenvalue weighted by atomic mass is 10.1. The molecule has 1 heterocycles. The quantitative estimate of drug-likeness (QED) is 0.699. The fraction of sp³-hybridized carbons (Fsp3) is 1.00. The molecule has 0 aromatic carbocycles. The van der Waals surface area contributed by atoms with Crippen LogP contribution in [0.25, 0.3) is 0 Å². The molecule has 2 atom stereocenters. The molecule has 0 spiro atoms. The van der Waals surface area contributed by atoms with Crippen molar-refractivity contribution in [2.24, 2.45) is 0 Å². The Labute approximate surface area is 108 Å². The van der Waals surface area contributed by atoms with E-state index >= 15 is 0 Å². The average Bonchev–Trinajstić information content (AvgIpc) is 2.77. The van der Waals surface area contributed by atoms with E-state index in [2.05, 4.69) is 42.9 Å². The number of nitrogens with zero attached hydrogens (tertiary/aromatic N) is 2. The molecule has 1 rings (SSSR count). The molecule has 1 fully saturated rings. The van der Waals surface area contributed by atoms with E-state index in [1.807, 2.05) is 0 Å². The first-order valence-corrected chi connectivity index (χ1v) is 7.37. The van der Waals surface area contributed by atoms with Gasteiger partial charge in [0, 0.05) is 25.2 Å². The Balaban J connectivity index is 2.37. The van der Waals surface area contributed by atoms with Crippen molar-refractivity contribution in [3.63, 3.8) is 0 Å². The van der Waals surface area contributed by atoms with E-state index in [-0.39, 0.29) is 0 Å². The number of likely N-dealkylation sites (N-methyl/N-ethyl adjacent to an activating group) is 3. The Morgan fingerprint density at radius 2 is 2.12 bits per heavy atom. The van der Waals surface area contributed by atoms with Crippen LogP contribution in [0.1, 0.15) is 40.0 Å².